The van der Waals surface area contributed by atoms with E-state index < -0.39 is 25.1 Å². The van der Waals surface area contributed by atoms with Gasteiger partial charge in [-0.25, -0.2) is 18.7 Å². The lowest BCUT2D eigenvalue weighted by Gasteiger charge is -2.35. The molecule has 166 valence electrons. The first-order chi connectivity index (χ1) is 14.8. The molecule has 0 bridgehead atoms. The molecule has 3 heterocycles. The van der Waals surface area contributed by atoms with Crippen molar-refractivity contribution in [1.29, 1.82) is 0 Å². The van der Waals surface area contributed by atoms with Crippen LogP contribution >= 0.6 is 0 Å². The molecule has 31 heavy (non-hydrogen) atoms. The summed E-state index contributed by atoms with van der Waals surface area (Å²) in [5.74, 6) is -1.36. The van der Waals surface area contributed by atoms with E-state index in [4.69, 9.17) is 4.74 Å². The summed E-state index contributed by atoms with van der Waals surface area (Å²) in [4.78, 5) is 12.0. The molecule has 0 aliphatic carbocycles. The predicted octanol–water partition coefficient (Wildman–Crippen LogP) is 3.00. The summed E-state index contributed by atoms with van der Waals surface area (Å²) in [6, 6.07) is 5.39. The third-order valence-electron chi connectivity index (χ3n) is 4.73. The number of halogens is 5. The minimum Gasteiger partial charge on any atom is -0.471 e. The second-order valence-corrected chi connectivity index (χ2v) is 6.84. The van der Waals surface area contributed by atoms with Crippen LogP contribution in [0.3, 0.4) is 0 Å². The Kier molecular flexibility index (Phi) is 5.85. The zero-order chi connectivity index (χ0) is 22.0. The average Bonchev–Trinajstić information content (AvgIpc) is 3.21. The van der Waals surface area contributed by atoms with Gasteiger partial charge in [0.15, 0.2) is 6.61 Å². The highest BCUT2D eigenvalue weighted by Gasteiger charge is 2.38. The zero-order valence-corrected chi connectivity index (χ0v) is 16.0. The van der Waals surface area contributed by atoms with Crippen molar-refractivity contribution in [1.82, 2.24) is 25.1 Å². The van der Waals surface area contributed by atoms with Gasteiger partial charge in [-0.15, -0.1) is 10.2 Å². The number of nitrogens with zero attached hydrogens (tertiary/aromatic N) is 6. The monoisotopic (exact) mass is 444 g/mol. The van der Waals surface area contributed by atoms with Gasteiger partial charge in [0.1, 0.15) is 6.33 Å². The lowest BCUT2D eigenvalue weighted by Crippen LogP contribution is -2.46. The van der Waals surface area contributed by atoms with E-state index in [1.165, 1.54) is 6.33 Å². The standard InChI is InChI=1S/C18H17F5N6O2/c19-14(20)9-30-16-12-7-11(1-2-13(12)24-10-25-16)29-5-3-28(4-6-29)8-15-26-27-17(31-15)18(21,22)23/h1-2,7,10,14H,3-6,8-9H2. The molecule has 0 N–H and O–H groups in total. The van der Waals surface area contributed by atoms with Crippen molar-refractivity contribution in [2.75, 3.05) is 37.7 Å². The number of hydrogen-bond acceptors (Lipinski definition) is 8. The van der Waals surface area contributed by atoms with E-state index in [0.717, 1.165) is 5.69 Å². The Morgan fingerprint density at radius 2 is 1.84 bits per heavy atom. The number of alkyl halides is 5. The van der Waals surface area contributed by atoms with E-state index in [9.17, 15) is 22.0 Å². The van der Waals surface area contributed by atoms with Crippen molar-refractivity contribution in [3.05, 3.63) is 36.3 Å². The summed E-state index contributed by atoms with van der Waals surface area (Å²) in [5, 5.41) is 7.01. The minimum absolute atomic E-state index is 0.0858. The molecule has 0 unspecified atom stereocenters. The van der Waals surface area contributed by atoms with Crippen LogP contribution in [0.2, 0.25) is 0 Å². The lowest BCUT2D eigenvalue weighted by molar-refractivity contribution is -0.157. The fourth-order valence-corrected chi connectivity index (χ4v) is 3.26. The quantitative estimate of drug-likeness (QED) is 0.537. The number of hydrogen-bond donors (Lipinski definition) is 0. The zero-order valence-electron chi connectivity index (χ0n) is 16.0. The van der Waals surface area contributed by atoms with Crippen molar-refractivity contribution < 1.29 is 31.1 Å². The van der Waals surface area contributed by atoms with Gasteiger partial charge >= 0.3 is 12.1 Å². The summed E-state index contributed by atoms with van der Waals surface area (Å²) in [5.41, 5.74) is 1.40. The van der Waals surface area contributed by atoms with Gasteiger partial charge in [-0.05, 0) is 18.2 Å². The SMILES string of the molecule is FC(F)COc1ncnc2ccc(N3CCN(Cc4nnc(C(F)(F)F)o4)CC3)cc12. The van der Waals surface area contributed by atoms with E-state index in [1.807, 2.05) is 11.0 Å². The van der Waals surface area contributed by atoms with Gasteiger partial charge in [-0.1, -0.05) is 0 Å². The second-order valence-electron chi connectivity index (χ2n) is 6.84. The molecule has 1 fully saturated rings. The summed E-state index contributed by atoms with van der Waals surface area (Å²) in [7, 11) is 0. The highest BCUT2D eigenvalue weighted by atomic mass is 19.4. The maximum atomic E-state index is 12.6. The fraction of sp³-hybridized carbons (Fsp3) is 0.444. The van der Waals surface area contributed by atoms with Crippen LogP contribution in [0.1, 0.15) is 11.8 Å². The van der Waals surface area contributed by atoms with Crippen molar-refractivity contribution in [2.45, 2.75) is 19.1 Å². The predicted molar refractivity (Wildman–Crippen MR) is 97.8 cm³/mol. The normalized spacial score (nSPS) is 15.7. The second kappa shape index (κ2) is 8.57. The Morgan fingerprint density at radius 1 is 1.06 bits per heavy atom. The Labute approximate surface area is 172 Å². The van der Waals surface area contributed by atoms with Gasteiger partial charge in [0.2, 0.25) is 11.8 Å². The van der Waals surface area contributed by atoms with Crippen molar-refractivity contribution in [3.63, 3.8) is 0 Å². The molecule has 0 saturated carbocycles. The first-order valence-electron chi connectivity index (χ1n) is 9.32. The van der Waals surface area contributed by atoms with Crippen LogP contribution in [0.5, 0.6) is 5.88 Å². The Balaban J connectivity index is 1.41. The van der Waals surface area contributed by atoms with Crippen LogP contribution in [0, 0.1) is 0 Å². The first kappa shape index (κ1) is 21.2. The number of fused-ring (bicyclic) bond motifs is 1. The molecule has 1 aliphatic rings. The number of anilines is 1. The number of aromatic nitrogens is 4. The molecule has 0 spiro atoms. The molecule has 2 aromatic heterocycles. The van der Waals surface area contributed by atoms with Crippen LogP contribution in [-0.4, -0.2) is 64.3 Å². The molecule has 4 rings (SSSR count). The van der Waals surface area contributed by atoms with Crippen LogP contribution in [-0.2, 0) is 12.7 Å². The summed E-state index contributed by atoms with van der Waals surface area (Å²) >= 11 is 0. The number of ether oxygens (including phenoxy) is 1. The summed E-state index contributed by atoms with van der Waals surface area (Å²) < 4.78 is 72.5. The maximum absolute atomic E-state index is 12.6. The minimum atomic E-state index is -4.67. The van der Waals surface area contributed by atoms with Crippen molar-refractivity contribution >= 4 is 16.6 Å². The molecule has 0 atom stereocenters. The van der Waals surface area contributed by atoms with Crippen LogP contribution < -0.4 is 9.64 Å². The van der Waals surface area contributed by atoms with Gasteiger partial charge in [-0.3, -0.25) is 4.90 Å². The van der Waals surface area contributed by atoms with Gasteiger partial charge in [0.05, 0.1) is 17.4 Å². The van der Waals surface area contributed by atoms with Gasteiger partial charge in [0, 0.05) is 31.9 Å². The molecule has 13 heteroatoms. The third-order valence-corrected chi connectivity index (χ3v) is 4.73. The fourth-order valence-electron chi connectivity index (χ4n) is 3.26. The van der Waals surface area contributed by atoms with Crippen molar-refractivity contribution in [2.24, 2.45) is 0 Å². The Hall–Kier alpha value is -3.09. The van der Waals surface area contributed by atoms with E-state index in [2.05, 4.69) is 29.5 Å². The molecule has 1 aliphatic heterocycles. The number of benzene rings is 1. The Bertz CT molecular complexity index is 1040. The van der Waals surface area contributed by atoms with E-state index in [0.29, 0.717) is 37.1 Å². The maximum Gasteiger partial charge on any atom is 0.470 e. The molecular weight excluding hydrogens is 427 g/mol. The molecule has 3 aromatic rings. The molecule has 0 radical (unpaired) electrons. The molecule has 8 nitrogen and oxygen atoms in total. The highest BCUT2D eigenvalue weighted by Crippen LogP contribution is 2.29. The van der Waals surface area contributed by atoms with Crippen LogP contribution in [0.25, 0.3) is 10.9 Å². The first-order valence-corrected chi connectivity index (χ1v) is 9.32. The lowest BCUT2D eigenvalue weighted by atomic mass is 10.2. The summed E-state index contributed by atoms with van der Waals surface area (Å²) in [6.45, 7) is 1.65. The van der Waals surface area contributed by atoms with E-state index >= 15 is 0 Å². The molecule has 1 aromatic carbocycles. The number of piperazine rings is 1. The average molecular weight is 444 g/mol. The van der Waals surface area contributed by atoms with E-state index in [1.54, 1.807) is 12.1 Å². The molecule has 1 saturated heterocycles. The smallest absolute Gasteiger partial charge is 0.470 e. The topological polar surface area (TPSA) is 80.4 Å². The molecular formula is C18H17F5N6O2. The number of rotatable bonds is 6. The Morgan fingerprint density at radius 3 is 2.52 bits per heavy atom. The highest BCUT2D eigenvalue weighted by molar-refractivity contribution is 5.86. The van der Waals surface area contributed by atoms with Gasteiger partial charge in [-0.2, -0.15) is 13.2 Å². The van der Waals surface area contributed by atoms with E-state index in [-0.39, 0.29) is 18.3 Å². The van der Waals surface area contributed by atoms with Gasteiger partial charge < -0.3 is 14.1 Å². The molecule has 0 amide bonds. The van der Waals surface area contributed by atoms with Crippen LogP contribution in [0.15, 0.2) is 28.9 Å². The third kappa shape index (κ3) is 4.98. The van der Waals surface area contributed by atoms with Crippen LogP contribution in [0.4, 0.5) is 27.6 Å². The summed E-state index contributed by atoms with van der Waals surface area (Å²) in [6.07, 6.45) is -6.03. The largest absolute Gasteiger partial charge is 0.471 e. The van der Waals surface area contributed by atoms with Crippen molar-refractivity contribution in [3.8, 4) is 5.88 Å². The van der Waals surface area contributed by atoms with Gasteiger partial charge in [0.25, 0.3) is 6.43 Å².